The van der Waals surface area contributed by atoms with Crippen LogP contribution in [0.3, 0.4) is 0 Å². The van der Waals surface area contributed by atoms with Gasteiger partial charge in [-0.3, -0.25) is 4.90 Å². The van der Waals surface area contributed by atoms with Crippen molar-refractivity contribution >= 4 is 0 Å². The van der Waals surface area contributed by atoms with E-state index in [0.717, 1.165) is 43.8 Å². The molecule has 25 heavy (non-hydrogen) atoms. The van der Waals surface area contributed by atoms with Gasteiger partial charge in [0.1, 0.15) is 12.4 Å². The van der Waals surface area contributed by atoms with Crippen LogP contribution in [0, 0.1) is 17.2 Å². The molecule has 1 aliphatic heterocycles. The highest BCUT2D eigenvalue weighted by Crippen LogP contribution is 2.21. The molecule has 0 radical (unpaired) electrons. The van der Waals surface area contributed by atoms with Gasteiger partial charge in [0.05, 0.1) is 11.6 Å². The van der Waals surface area contributed by atoms with Gasteiger partial charge < -0.3 is 9.84 Å². The van der Waals surface area contributed by atoms with Crippen LogP contribution in [0.2, 0.25) is 0 Å². The van der Waals surface area contributed by atoms with Crippen molar-refractivity contribution < 1.29 is 9.84 Å². The molecule has 1 fully saturated rings. The van der Waals surface area contributed by atoms with E-state index in [2.05, 4.69) is 23.1 Å². The first-order valence-electron chi connectivity index (χ1n) is 8.81. The summed E-state index contributed by atoms with van der Waals surface area (Å²) < 4.78 is 5.89. The normalized spacial score (nSPS) is 15.7. The van der Waals surface area contributed by atoms with Crippen LogP contribution in [-0.4, -0.2) is 29.7 Å². The summed E-state index contributed by atoms with van der Waals surface area (Å²) in [5, 5.41) is 18.2. The molecule has 2 aromatic rings. The molecular formula is C21H24N2O2. The molecule has 0 amide bonds. The Morgan fingerprint density at radius 1 is 1.08 bits per heavy atom. The lowest BCUT2D eigenvalue weighted by Gasteiger charge is -2.31. The Hall–Kier alpha value is -2.35. The van der Waals surface area contributed by atoms with Crippen LogP contribution in [0.4, 0.5) is 0 Å². The number of likely N-dealkylation sites (tertiary alicyclic amines) is 1. The van der Waals surface area contributed by atoms with Gasteiger partial charge in [-0.2, -0.15) is 5.26 Å². The lowest BCUT2D eigenvalue weighted by atomic mass is 9.97. The van der Waals surface area contributed by atoms with E-state index in [1.165, 1.54) is 5.56 Å². The van der Waals surface area contributed by atoms with Crippen LogP contribution in [-0.2, 0) is 13.2 Å². The summed E-state index contributed by atoms with van der Waals surface area (Å²) in [5.74, 6) is 1.32. The fraction of sp³-hybridized carbons (Fsp3) is 0.381. The predicted octanol–water partition coefficient (Wildman–Crippen LogP) is 3.34. The molecule has 0 unspecified atom stereocenters. The molecule has 4 nitrogen and oxygen atoms in total. The zero-order valence-corrected chi connectivity index (χ0v) is 14.4. The number of nitriles is 1. The van der Waals surface area contributed by atoms with Crippen molar-refractivity contribution in [3.63, 3.8) is 0 Å². The molecule has 3 rings (SSSR count). The molecule has 1 N–H and O–H groups in total. The van der Waals surface area contributed by atoms with Crippen LogP contribution in [0.15, 0.2) is 48.5 Å². The van der Waals surface area contributed by atoms with Crippen molar-refractivity contribution in [1.82, 2.24) is 4.90 Å². The zero-order chi connectivity index (χ0) is 17.5. The van der Waals surface area contributed by atoms with Gasteiger partial charge in [-0.15, -0.1) is 0 Å². The summed E-state index contributed by atoms with van der Waals surface area (Å²) in [7, 11) is 0. The molecule has 2 aromatic carbocycles. The van der Waals surface area contributed by atoms with E-state index in [1.807, 2.05) is 30.3 Å². The maximum Gasteiger partial charge on any atom is 0.120 e. The lowest BCUT2D eigenvalue weighted by molar-refractivity contribution is 0.127. The fourth-order valence-corrected chi connectivity index (χ4v) is 3.22. The van der Waals surface area contributed by atoms with Crippen LogP contribution >= 0.6 is 0 Å². The van der Waals surface area contributed by atoms with Gasteiger partial charge >= 0.3 is 0 Å². The number of benzene rings is 2. The second-order valence-corrected chi connectivity index (χ2v) is 6.65. The van der Waals surface area contributed by atoms with Crippen molar-refractivity contribution in [2.24, 2.45) is 5.92 Å². The third-order valence-electron chi connectivity index (χ3n) is 4.73. The molecule has 0 aliphatic carbocycles. The number of aliphatic hydroxyl groups is 1. The zero-order valence-electron chi connectivity index (χ0n) is 14.4. The topological polar surface area (TPSA) is 56.5 Å². The van der Waals surface area contributed by atoms with Crippen LogP contribution < -0.4 is 4.74 Å². The molecule has 1 heterocycles. The minimum atomic E-state index is 0.310. The van der Waals surface area contributed by atoms with E-state index in [9.17, 15) is 5.11 Å². The molecule has 1 saturated heterocycles. The Morgan fingerprint density at radius 3 is 2.60 bits per heavy atom. The number of hydrogen-bond donors (Lipinski definition) is 1. The first kappa shape index (κ1) is 17.5. The van der Waals surface area contributed by atoms with Gasteiger partial charge in [-0.1, -0.05) is 24.3 Å². The second kappa shape index (κ2) is 8.66. The van der Waals surface area contributed by atoms with E-state index < -0.39 is 0 Å². The molecule has 0 atom stereocenters. The smallest absolute Gasteiger partial charge is 0.120 e. The SMILES string of the molecule is N#Cc1cccc(COc2cccc(CN3CCC(CO)CC3)c2)c1. The Balaban J connectivity index is 1.55. The third kappa shape index (κ3) is 5.06. The first-order valence-corrected chi connectivity index (χ1v) is 8.81. The average Bonchev–Trinajstić information content (AvgIpc) is 2.67. The van der Waals surface area contributed by atoms with Crippen molar-refractivity contribution in [3.05, 3.63) is 65.2 Å². The highest BCUT2D eigenvalue weighted by atomic mass is 16.5. The van der Waals surface area contributed by atoms with Gasteiger partial charge in [0.25, 0.3) is 0 Å². The molecule has 130 valence electrons. The van der Waals surface area contributed by atoms with E-state index in [1.54, 1.807) is 6.07 Å². The summed E-state index contributed by atoms with van der Waals surface area (Å²) in [6, 6.07) is 17.9. The molecule has 0 aromatic heterocycles. The Kier molecular flexibility index (Phi) is 6.05. The quantitative estimate of drug-likeness (QED) is 0.879. The highest BCUT2D eigenvalue weighted by molar-refractivity contribution is 5.33. The largest absolute Gasteiger partial charge is 0.489 e. The third-order valence-corrected chi connectivity index (χ3v) is 4.73. The van der Waals surface area contributed by atoms with E-state index in [4.69, 9.17) is 10.00 Å². The number of piperidine rings is 1. The molecule has 0 spiro atoms. The Morgan fingerprint density at radius 2 is 1.84 bits per heavy atom. The molecule has 4 heteroatoms. The van der Waals surface area contributed by atoms with Crippen molar-refractivity contribution in [2.45, 2.75) is 26.0 Å². The highest BCUT2D eigenvalue weighted by Gasteiger charge is 2.18. The molecular weight excluding hydrogens is 312 g/mol. The van der Waals surface area contributed by atoms with Crippen molar-refractivity contribution in [2.75, 3.05) is 19.7 Å². The van der Waals surface area contributed by atoms with E-state index in [0.29, 0.717) is 24.7 Å². The first-order chi connectivity index (χ1) is 12.3. The average molecular weight is 336 g/mol. The monoisotopic (exact) mass is 336 g/mol. The second-order valence-electron chi connectivity index (χ2n) is 6.65. The fourth-order valence-electron chi connectivity index (χ4n) is 3.22. The Bertz CT molecular complexity index is 731. The summed E-state index contributed by atoms with van der Waals surface area (Å²) in [4.78, 5) is 2.43. The summed E-state index contributed by atoms with van der Waals surface area (Å²) in [5.41, 5.74) is 2.89. The van der Waals surface area contributed by atoms with E-state index in [-0.39, 0.29) is 0 Å². The molecule has 0 bridgehead atoms. The summed E-state index contributed by atoms with van der Waals surface area (Å²) in [6.07, 6.45) is 2.14. The number of aliphatic hydroxyl groups excluding tert-OH is 1. The minimum Gasteiger partial charge on any atom is -0.489 e. The number of nitrogens with zero attached hydrogens (tertiary/aromatic N) is 2. The minimum absolute atomic E-state index is 0.310. The van der Waals surface area contributed by atoms with Crippen LogP contribution in [0.25, 0.3) is 0 Å². The summed E-state index contributed by atoms with van der Waals surface area (Å²) in [6.45, 7) is 3.76. The number of ether oxygens (including phenoxy) is 1. The van der Waals surface area contributed by atoms with Gasteiger partial charge in [-0.05, 0) is 67.2 Å². The maximum absolute atomic E-state index is 9.24. The van der Waals surface area contributed by atoms with Gasteiger partial charge in [0.2, 0.25) is 0 Å². The molecule has 1 aliphatic rings. The Labute approximate surface area is 149 Å². The van der Waals surface area contributed by atoms with E-state index >= 15 is 0 Å². The van der Waals surface area contributed by atoms with Crippen LogP contribution in [0.5, 0.6) is 5.75 Å². The lowest BCUT2D eigenvalue weighted by Crippen LogP contribution is -2.34. The van der Waals surface area contributed by atoms with Gasteiger partial charge in [0, 0.05) is 13.2 Å². The predicted molar refractivity (Wildman–Crippen MR) is 97.0 cm³/mol. The number of hydrogen-bond acceptors (Lipinski definition) is 4. The van der Waals surface area contributed by atoms with Crippen molar-refractivity contribution in [1.29, 1.82) is 5.26 Å². The van der Waals surface area contributed by atoms with Gasteiger partial charge in [0.15, 0.2) is 0 Å². The summed E-state index contributed by atoms with van der Waals surface area (Å²) >= 11 is 0. The van der Waals surface area contributed by atoms with Crippen LogP contribution in [0.1, 0.15) is 29.5 Å². The maximum atomic E-state index is 9.24. The number of rotatable bonds is 6. The standard InChI is InChI=1S/C21H24N2O2/c22-13-18-3-1-5-20(11-18)16-25-21-6-2-4-19(12-21)14-23-9-7-17(15-24)8-10-23/h1-6,11-12,17,24H,7-10,14-16H2. The molecule has 0 saturated carbocycles. The van der Waals surface area contributed by atoms with Gasteiger partial charge in [-0.25, -0.2) is 0 Å². The van der Waals surface area contributed by atoms with Crippen molar-refractivity contribution in [3.8, 4) is 11.8 Å².